The van der Waals surface area contributed by atoms with Gasteiger partial charge in [-0.1, -0.05) is 11.3 Å². The SMILES string of the molecule is O=C(COc1cccnc1)N[C@H]1CC[C@H](CCN2CCc3nc(OCC(F)(F)F)sc3CC2)OC1. The van der Waals surface area contributed by atoms with Crippen LogP contribution in [0.3, 0.4) is 0 Å². The maximum atomic E-state index is 12.4. The quantitative estimate of drug-likeness (QED) is 0.551. The van der Waals surface area contributed by atoms with Crippen molar-refractivity contribution in [3.8, 4) is 10.9 Å². The van der Waals surface area contributed by atoms with Crippen LogP contribution in [0.2, 0.25) is 0 Å². The van der Waals surface area contributed by atoms with E-state index in [2.05, 4.69) is 20.2 Å². The number of nitrogens with zero attached hydrogens (tertiary/aromatic N) is 3. The lowest BCUT2D eigenvalue weighted by Gasteiger charge is -2.31. The highest BCUT2D eigenvalue weighted by Crippen LogP contribution is 2.29. The molecule has 12 heteroatoms. The lowest BCUT2D eigenvalue weighted by molar-refractivity contribution is -0.153. The maximum absolute atomic E-state index is 12.4. The molecule has 0 aliphatic carbocycles. The third-order valence-corrected chi connectivity index (χ3v) is 7.01. The van der Waals surface area contributed by atoms with E-state index in [1.54, 1.807) is 24.5 Å². The third kappa shape index (κ3) is 8.32. The van der Waals surface area contributed by atoms with Gasteiger partial charge >= 0.3 is 6.18 Å². The Kier molecular flexibility index (Phi) is 8.79. The predicted octanol–water partition coefficient (Wildman–Crippen LogP) is 3.01. The van der Waals surface area contributed by atoms with E-state index in [1.807, 2.05) is 0 Å². The van der Waals surface area contributed by atoms with Crippen molar-refractivity contribution in [1.82, 2.24) is 20.2 Å². The highest BCUT2D eigenvalue weighted by molar-refractivity contribution is 7.13. The van der Waals surface area contributed by atoms with Gasteiger partial charge in [-0.3, -0.25) is 9.78 Å². The first-order chi connectivity index (χ1) is 16.8. The van der Waals surface area contributed by atoms with Crippen molar-refractivity contribution in [3.63, 3.8) is 0 Å². The Hall–Kier alpha value is -2.44. The third-order valence-electron chi connectivity index (χ3n) is 5.94. The van der Waals surface area contributed by atoms with E-state index < -0.39 is 12.8 Å². The van der Waals surface area contributed by atoms with Gasteiger partial charge in [-0.25, -0.2) is 4.98 Å². The van der Waals surface area contributed by atoms with Crippen LogP contribution >= 0.6 is 11.3 Å². The average Bonchev–Trinajstić information content (AvgIpc) is 3.14. The zero-order chi connectivity index (χ0) is 24.7. The number of thiazole rings is 1. The van der Waals surface area contributed by atoms with Gasteiger partial charge in [0, 0.05) is 37.1 Å². The number of alkyl halides is 3. The summed E-state index contributed by atoms with van der Waals surface area (Å²) in [5.74, 6) is 0.371. The minimum atomic E-state index is -4.36. The Morgan fingerprint density at radius 1 is 1.26 bits per heavy atom. The molecular weight excluding hydrogens is 485 g/mol. The van der Waals surface area contributed by atoms with Gasteiger partial charge in [0.1, 0.15) is 5.75 Å². The van der Waals surface area contributed by atoms with E-state index in [-0.39, 0.29) is 29.9 Å². The van der Waals surface area contributed by atoms with Gasteiger partial charge in [0.15, 0.2) is 13.2 Å². The Bertz CT molecular complexity index is 926. The fourth-order valence-electron chi connectivity index (χ4n) is 4.14. The largest absolute Gasteiger partial charge is 0.482 e. The predicted molar refractivity (Wildman–Crippen MR) is 123 cm³/mol. The summed E-state index contributed by atoms with van der Waals surface area (Å²) in [6.45, 7) is 1.62. The van der Waals surface area contributed by atoms with Crippen LogP contribution in [0.4, 0.5) is 13.2 Å². The molecule has 1 saturated heterocycles. The van der Waals surface area contributed by atoms with Crippen LogP contribution in [0.15, 0.2) is 24.5 Å². The summed E-state index contributed by atoms with van der Waals surface area (Å²) >= 11 is 1.21. The summed E-state index contributed by atoms with van der Waals surface area (Å²) in [4.78, 5) is 23.7. The molecule has 2 aromatic heterocycles. The Morgan fingerprint density at radius 2 is 2.11 bits per heavy atom. The van der Waals surface area contributed by atoms with Gasteiger partial charge < -0.3 is 24.4 Å². The highest BCUT2D eigenvalue weighted by atomic mass is 32.1. The monoisotopic (exact) mass is 514 g/mol. The number of halogens is 3. The molecule has 2 aromatic rings. The summed E-state index contributed by atoms with van der Waals surface area (Å²) in [5.41, 5.74) is 0.842. The molecule has 2 aliphatic rings. The molecular formula is C23H29F3N4O4S. The molecule has 0 unspecified atom stereocenters. The molecule has 8 nitrogen and oxygen atoms in total. The first kappa shape index (κ1) is 25.6. The van der Waals surface area contributed by atoms with E-state index >= 15 is 0 Å². The van der Waals surface area contributed by atoms with Crippen LogP contribution in [-0.4, -0.2) is 78.6 Å². The van der Waals surface area contributed by atoms with E-state index in [9.17, 15) is 18.0 Å². The van der Waals surface area contributed by atoms with Crippen molar-refractivity contribution in [1.29, 1.82) is 0 Å². The average molecular weight is 515 g/mol. The number of rotatable bonds is 9. The number of carbonyl (C=O) groups excluding carboxylic acids is 1. The molecule has 0 bridgehead atoms. The normalized spacial score (nSPS) is 21.1. The molecule has 0 aromatic carbocycles. The smallest absolute Gasteiger partial charge is 0.422 e. The van der Waals surface area contributed by atoms with Crippen molar-refractivity contribution in [3.05, 3.63) is 35.1 Å². The first-order valence-corrected chi connectivity index (χ1v) is 12.5. The van der Waals surface area contributed by atoms with Gasteiger partial charge in [0.25, 0.3) is 11.1 Å². The van der Waals surface area contributed by atoms with E-state index in [0.29, 0.717) is 18.8 Å². The van der Waals surface area contributed by atoms with Gasteiger partial charge in [0.05, 0.1) is 30.6 Å². The summed E-state index contributed by atoms with van der Waals surface area (Å²) in [7, 11) is 0. The van der Waals surface area contributed by atoms with Crippen LogP contribution in [0.5, 0.6) is 10.9 Å². The number of aromatic nitrogens is 2. The van der Waals surface area contributed by atoms with Crippen molar-refractivity contribution in [2.45, 2.75) is 50.4 Å². The highest BCUT2D eigenvalue weighted by Gasteiger charge is 2.30. The second kappa shape index (κ2) is 12.0. The first-order valence-electron chi connectivity index (χ1n) is 11.7. The van der Waals surface area contributed by atoms with Crippen molar-refractivity contribution in [2.24, 2.45) is 0 Å². The Labute approximate surface area is 205 Å². The Morgan fingerprint density at radius 3 is 2.86 bits per heavy atom. The molecule has 4 rings (SSSR count). The number of amides is 1. The van der Waals surface area contributed by atoms with Gasteiger partial charge in [-0.15, -0.1) is 0 Å². The number of fused-ring (bicyclic) bond motifs is 1. The standard InChI is InChI=1S/C23H29F3N4O4S/c24-23(25,26)15-34-22-29-19-6-10-30(11-7-20(19)35-22)9-5-17-4-3-16(13-32-17)28-21(31)14-33-18-2-1-8-27-12-18/h1-2,8,12,16-17H,3-7,9-11,13-15H2,(H,28,31)/t16-,17+/m0/s1. The summed E-state index contributed by atoms with van der Waals surface area (Å²) in [5, 5.41) is 3.05. The molecule has 192 valence electrons. The fourth-order valence-corrected chi connectivity index (χ4v) is 5.08. The molecule has 1 fully saturated rings. The molecule has 0 saturated carbocycles. The molecule has 1 amide bonds. The number of hydrogen-bond acceptors (Lipinski definition) is 8. The number of pyridine rings is 1. The van der Waals surface area contributed by atoms with Gasteiger partial charge in [0.2, 0.25) is 0 Å². The number of carbonyl (C=O) groups is 1. The molecule has 2 atom stereocenters. The zero-order valence-electron chi connectivity index (χ0n) is 19.3. The van der Waals surface area contributed by atoms with Crippen molar-refractivity contribution in [2.75, 3.05) is 39.5 Å². The summed E-state index contributed by atoms with van der Waals surface area (Å²) < 4.78 is 53.3. The van der Waals surface area contributed by atoms with Crippen LogP contribution < -0.4 is 14.8 Å². The van der Waals surface area contributed by atoms with Gasteiger partial charge in [-0.2, -0.15) is 13.2 Å². The molecule has 4 heterocycles. The summed E-state index contributed by atoms with van der Waals surface area (Å²) in [6.07, 6.45) is 3.06. The van der Waals surface area contributed by atoms with E-state index in [4.69, 9.17) is 14.2 Å². The second-order valence-corrected chi connectivity index (χ2v) is 9.70. The van der Waals surface area contributed by atoms with Crippen molar-refractivity contribution >= 4 is 17.2 Å². The van der Waals surface area contributed by atoms with Crippen LogP contribution in [0, 0.1) is 0 Å². The number of hydrogen-bond donors (Lipinski definition) is 1. The fraction of sp³-hybridized carbons (Fsp3) is 0.609. The van der Waals surface area contributed by atoms with E-state index in [0.717, 1.165) is 55.9 Å². The zero-order valence-corrected chi connectivity index (χ0v) is 20.1. The number of ether oxygens (including phenoxy) is 3. The minimum Gasteiger partial charge on any atom is -0.482 e. The lowest BCUT2D eigenvalue weighted by Crippen LogP contribution is -2.45. The minimum absolute atomic E-state index is 0.0229. The molecule has 0 spiro atoms. The molecule has 35 heavy (non-hydrogen) atoms. The van der Waals surface area contributed by atoms with E-state index in [1.165, 1.54) is 11.3 Å². The molecule has 0 radical (unpaired) electrons. The topological polar surface area (TPSA) is 85.8 Å². The molecule has 1 N–H and O–H groups in total. The second-order valence-electron chi connectivity index (χ2n) is 8.66. The summed E-state index contributed by atoms with van der Waals surface area (Å²) in [6, 6.07) is 3.47. The van der Waals surface area contributed by atoms with Crippen LogP contribution in [0.25, 0.3) is 0 Å². The number of nitrogens with one attached hydrogen (secondary N) is 1. The molecule has 2 aliphatic heterocycles. The Balaban J connectivity index is 1.11. The van der Waals surface area contributed by atoms with Crippen LogP contribution in [-0.2, 0) is 22.4 Å². The maximum Gasteiger partial charge on any atom is 0.422 e. The van der Waals surface area contributed by atoms with Crippen LogP contribution in [0.1, 0.15) is 29.8 Å². The van der Waals surface area contributed by atoms with Crippen molar-refractivity contribution < 1.29 is 32.2 Å². The lowest BCUT2D eigenvalue weighted by atomic mass is 10.0. The van der Waals surface area contributed by atoms with Gasteiger partial charge in [-0.05, 0) is 37.8 Å².